The predicted molar refractivity (Wildman–Crippen MR) is 142 cm³/mol. The molecule has 0 fully saturated rings. The number of fused-ring (bicyclic) bond motifs is 1. The largest absolute Gasteiger partial charge is 0.508 e. The van der Waals surface area contributed by atoms with Crippen LogP contribution in [0.25, 0.3) is 0 Å². The van der Waals surface area contributed by atoms with Crippen LogP contribution in [-0.2, 0) is 36.0 Å². The lowest BCUT2D eigenvalue weighted by Gasteiger charge is -2.26. The molecule has 40 heavy (non-hydrogen) atoms. The Hall–Kier alpha value is -3.72. The average molecular weight is 586 g/mol. The number of ether oxygens (including phenoxy) is 2. The summed E-state index contributed by atoms with van der Waals surface area (Å²) in [5.74, 6) is -5.33. The van der Waals surface area contributed by atoms with Gasteiger partial charge in [-0.25, -0.2) is 14.4 Å². The number of amides is 3. The summed E-state index contributed by atoms with van der Waals surface area (Å²) in [5, 5.41) is 46.8. The Kier molecular flexibility index (Phi) is 11.4. The Morgan fingerprint density at radius 1 is 1.23 bits per heavy atom. The van der Waals surface area contributed by atoms with Crippen molar-refractivity contribution >= 4 is 41.6 Å². The molecule has 1 aliphatic rings. The van der Waals surface area contributed by atoms with Crippen LogP contribution >= 0.6 is 11.8 Å². The summed E-state index contributed by atoms with van der Waals surface area (Å²) in [4.78, 5) is 62.9. The highest BCUT2D eigenvalue weighted by molar-refractivity contribution is 7.98. The van der Waals surface area contributed by atoms with Crippen LogP contribution in [0.5, 0.6) is 11.5 Å². The number of esters is 1. The summed E-state index contributed by atoms with van der Waals surface area (Å²) in [6.07, 6.45) is -0.235. The lowest BCUT2D eigenvalue weighted by Crippen LogP contribution is -2.58. The minimum atomic E-state index is -1.64. The highest BCUT2D eigenvalue weighted by Crippen LogP contribution is 2.36. The van der Waals surface area contributed by atoms with Crippen LogP contribution in [0.2, 0.25) is 0 Å². The quantitative estimate of drug-likeness (QED) is 0.216. The Bertz CT molecular complexity index is 1140. The second kappa shape index (κ2) is 14.1. The monoisotopic (exact) mass is 585 g/mol. The van der Waals surface area contributed by atoms with Crippen molar-refractivity contribution in [1.82, 2.24) is 16.0 Å². The number of cyclic esters (lactones) is 1. The topological polar surface area (TPSA) is 221 Å². The van der Waals surface area contributed by atoms with E-state index in [1.165, 1.54) is 0 Å². The van der Waals surface area contributed by atoms with Gasteiger partial charge in [0.05, 0.1) is 12.2 Å². The fourth-order valence-electron chi connectivity index (χ4n) is 3.69. The van der Waals surface area contributed by atoms with Gasteiger partial charge < -0.3 is 45.9 Å². The Balaban J connectivity index is 2.40. The molecule has 0 spiro atoms. The number of aromatic hydroxyl groups is 2. The molecule has 0 aliphatic carbocycles. The number of aliphatic carboxylic acids is 1. The molecule has 2 rings (SSSR count). The maximum Gasteiger partial charge on any atom is 0.408 e. The van der Waals surface area contributed by atoms with Gasteiger partial charge in [0.15, 0.2) is 0 Å². The van der Waals surface area contributed by atoms with Gasteiger partial charge in [-0.1, -0.05) is 13.3 Å². The number of phenols is 2. The summed E-state index contributed by atoms with van der Waals surface area (Å²) in [6.45, 7) is 4.92. The number of thioether (sulfide) groups is 1. The van der Waals surface area contributed by atoms with E-state index in [2.05, 4.69) is 16.0 Å². The first-order valence-electron chi connectivity index (χ1n) is 12.4. The molecular weight excluding hydrogens is 550 g/mol. The standard InChI is InChI=1S/C25H35N3O11S/c1-5-6-12-17(30)7-18(31)13-10-40-11-16(22(34)35)27-21(33)15(9-38-23(36)19(12)13)26-20(32)14(8-29)28-24(37)39-25(2,3)4/h7,14-16,29-31H,5-6,8-11H2,1-4H3,(H,26,32)(H,27,33)(H,28,37)(H,34,35)/t14-,15-,16-/m0/s1. The van der Waals surface area contributed by atoms with Crippen molar-refractivity contribution in [2.75, 3.05) is 19.0 Å². The van der Waals surface area contributed by atoms with E-state index < -0.39 is 72.5 Å². The number of phenolic OH excluding ortho intramolecular Hbond substituents is 2. The number of benzene rings is 1. The molecule has 0 saturated heterocycles. The van der Waals surface area contributed by atoms with Gasteiger partial charge in [0.25, 0.3) is 0 Å². The van der Waals surface area contributed by atoms with E-state index in [4.69, 9.17) is 9.47 Å². The Morgan fingerprint density at radius 2 is 1.90 bits per heavy atom. The number of hydrogen-bond acceptors (Lipinski definition) is 11. The van der Waals surface area contributed by atoms with Crippen LogP contribution < -0.4 is 16.0 Å². The van der Waals surface area contributed by atoms with E-state index >= 15 is 0 Å². The normalized spacial score (nSPS) is 19.0. The number of aliphatic hydroxyl groups excluding tert-OH is 1. The second-order valence-corrected chi connectivity index (χ2v) is 11.0. The SMILES string of the molecule is CCCc1c(O)cc(O)c2c1C(=O)OC[C@H](NC(=O)[C@H](CO)NC(=O)OC(C)(C)C)C(=O)N[C@H](C(=O)O)CSC2. The molecule has 3 atom stereocenters. The van der Waals surface area contributed by atoms with Crippen molar-refractivity contribution in [3.63, 3.8) is 0 Å². The van der Waals surface area contributed by atoms with Crippen LogP contribution in [0, 0.1) is 0 Å². The highest BCUT2D eigenvalue weighted by atomic mass is 32.2. The molecule has 0 unspecified atom stereocenters. The smallest absolute Gasteiger partial charge is 0.408 e. The molecule has 0 bridgehead atoms. The average Bonchev–Trinajstić information content (AvgIpc) is 2.84. The number of carboxylic acids is 1. The fraction of sp³-hybridized carbons (Fsp3) is 0.560. The summed E-state index contributed by atoms with van der Waals surface area (Å²) in [7, 11) is 0. The number of nitrogens with one attached hydrogen (secondary N) is 3. The van der Waals surface area contributed by atoms with Crippen LogP contribution in [0.3, 0.4) is 0 Å². The van der Waals surface area contributed by atoms with Crippen molar-refractivity contribution < 1.29 is 53.9 Å². The zero-order valence-electron chi connectivity index (χ0n) is 22.6. The molecule has 14 nitrogen and oxygen atoms in total. The zero-order valence-corrected chi connectivity index (χ0v) is 23.4. The third-order valence-electron chi connectivity index (χ3n) is 5.55. The summed E-state index contributed by atoms with van der Waals surface area (Å²) in [5.41, 5.74) is -0.693. The summed E-state index contributed by atoms with van der Waals surface area (Å²) in [6, 6.07) is -3.52. The van der Waals surface area contributed by atoms with Gasteiger partial charge in [0.1, 0.15) is 41.8 Å². The molecule has 1 heterocycles. The van der Waals surface area contributed by atoms with Crippen molar-refractivity contribution in [1.29, 1.82) is 0 Å². The molecule has 0 saturated carbocycles. The maximum absolute atomic E-state index is 13.2. The van der Waals surface area contributed by atoms with Crippen molar-refractivity contribution in [3.8, 4) is 11.5 Å². The van der Waals surface area contributed by atoms with Crippen LogP contribution in [0.15, 0.2) is 6.07 Å². The predicted octanol–water partition coefficient (Wildman–Crippen LogP) is 0.394. The van der Waals surface area contributed by atoms with E-state index in [0.29, 0.717) is 6.42 Å². The minimum absolute atomic E-state index is 0.0262. The van der Waals surface area contributed by atoms with Gasteiger partial charge in [-0.2, -0.15) is 11.8 Å². The van der Waals surface area contributed by atoms with Gasteiger partial charge in [-0.3, -0.25) is 9.59 Å². The van der Waals surface area contributed by atoms with E-state index in [9.17, 15) is 44.4 Å². The van der Waals surface area contributed by atoms with E-state index in [0.717, 1.165) is 17.8 Å². The van der Waals surface area contributed by atoms with Crippen LogP contribution in [0.1, 0.15) is 55.6 Å². The first-order valence-corrected chi connectivity index (χ1v) is 13.6. The molecule has 0 aromatic heterocycles. The molecular formula is C25H35N3O11S. The molecule has 1 aliphatic heterocycles. The molecule has 0 radical (unpaired) electrons. The second-order valence-electron chi connectivity index (χ2n) is 9.95. The number of carboxylic acid groups (broad SMARTS) is 1. The van der Waals surface area contributed by atoms with Crippen molar-refractivity contribution in [2.45, 2.75) is 70.0 Å². The van der Waals surface area contributed by atoms with Gasteiger partial charge in [-0.15, -0.1) is 0 Å². The number of carbonyl (C=O) groups is 5. The third-order valence-corrected chi connectivity index (χ3v) is 6.61. The van der Waals surface area contributed by atoms with E-state index in [-0.39, 0.29) is 40.4 Å². The molecule has 1 aromatic carbocycles. The fourth-order valence-corrected chi connectivity index (χ4v) is 4.77. The zero-order chi connectivity index (χ0) is 30.2. The van der Waals surface area contributed by atoms with Gasteiger partial charge in [0.2, 0.25) is 11.8 Å². The van der Waals surface area contributed by atoms with Gasteiger partial charge in [-0.05, 0) is 27.2 Å². The van der Waals surface area contributed by atoms with E-state index in [1.54, 1.807) is 20.8 Å². The first kappa shape index (κ1) is 32.5. The summed E-state index contributed by atoms with van der Waals surface area (Å²) < 4.78 is 10.4. The Morgan fingerprint density at radius 3 is 2.48 bits per heavy atom. The minimum Gasteiger partial charge on any atom is -0.508 e. The van der Waals surface area contributed by atoms with Gasteiger partial charge >= 0.3 is 18.0 Å². The molecule has 15 heteroatoms. The maximum atomic E-state index is 13.2. The Labute approximate surface area is 234 Å². The molecule has 1 aromatic rings. The van der Waals surface area contributed by atoms with Crippen LogP contribution in [-0.4, -0.2) is 93.0 Å². The highest BCUT2D eigenvalue weighted by Gasteiger charge is 2.33. The number of hydrogen-bond donors (Lipinski definition) is 7. The van der Waals surface area contributed by atoms with Crippen molar-refractivity contribution in [2.24, 2.45) is 0 Å². The summed E-state index contributed by atoms with van der Waals surface area (Å²) >= 11 is 1.01. The van der Waals surface area contributed by atoms with Gasteiger partial charge in [0, 0.05) is 28.7 Å². The molecule has 7 N–H and O–H groups in total. The first-order chi connectivity index (χ1) is 18.7. The van der Waals surface area contributed by atoms with E-state index in [1.807, 2.05) is 6.92 Å². The van der Waals surface area contributed by atoms with Crippen molar-refractivity contribution in [3.05, 3.63) is 22.8 Å². The number of carbonyl (C=O) groups excluding carboxylic acids is 4. The molecule has 3 amide bonds. The lowest BCUT2D eigenvalue weighted by molar-refractivity contribution is -0.141. The number of aliphatic hydroxyl groups is 1. The molecule has 222 valence electrons. The van der Waals surface area contributed by atoms with Crippen LogP contribution in [0.4, 0.5) is 4.79 Å². The third kappa shape index (κ3) is 8.91. The number of alkyl carbamates (subject to hydrolysis) is 1. The number of rotatable bonds is 7. The lowest BCUT2D eigenvalue weighted by atomic mass is 9.96.